The molecule has 94 valence electrons. The van der Waals surface area contributed by atoms with Crippen LogP contribution in [-0.4, -0.2) is 16.7 Å². The second kappa shape index (κ2) is 5.03. The molecule has 3 N–H and O–H groups in total. The molecule has 1 rings (SSSR count). The summed E-state index contributed by atoms with van der Waals surface area (Å²) >= 11 is 0. The first-order chi connectivity index (χ1) is 7.78. The zero-order chi connectivity index (χ0) is 13.1. The molecule has 0 bridgehead atoms. The highest BCUT2D eigenvalue weighted by molar-refractivity contribution is 5.68. The lowest BCUT2D eigenvalue weighted by Gasteiger charge is -2.22. The van der Waals surface area contributed by atoms with E-state index < -0.39 is 11.7 Å². The predicted octanol–water partition coefficient (Wildman–Crippen LogP) is 2.25. The van der Waals surface area contributed by atoms with Crippen LogP contribution in [-0.2, 0) is 4.74 Å². The topological polar surface area (TPSA) is 77.2 Å². The smallest absolute Gasteiger partial charge is 0.408 e. The Bertz CT molecular complexity index is 399. The van der Waals surface area contributed by atoms with Crippen LogP contribution in [0.4, 0.5) is 10.6 Å². The maximum Gasteiger partial charge on any atom is 0.408 e. The Kier molecular flexibility index (Phi) is 3.93. The lowest BCUT2D eigenvalue weighted by Crippen LogP contribution is -2.34. The van der Waals surface area contributed by atoms with Crippen LogP contribution in [0.15, 0.2) is 18.3 Å². The van der Waals surface area contributed by atoms with Crippen LogP contribution in [0, 0.1) is 0 Å². The average Bonchev–Trinajstić information content (AvgIpc) is 2.14. The van der Waals surface area contributed by atoms with Gasteiger partial charge in [-0.25, -0.2) is 9.78 Å². The highest BCUT2D eigenvalue weighted by Crippen LogP contribution is 2.14. The first-order valence-electron chi connectivity index (χ1n) is 5.49. The molecular formula is C12H19N3O2. The lowest BCUT2D eigenvalue weighted by atomic mass is 10.1. The third-order valence-electron chi connectivity index (χ3n) is 2.04. The molecule has 1 amide bonds. The third-order valence-corrected chi connectivity index (χ3v) is 2.04. The molecule has 17 heavy (non-hydrogen) atoms. The van der Waals surface area contributed by atoms with Gasteiger partial charge in [-0.3, -0.25) is 0 Å². The molecule has 1 heterocycles. The van der Waals surface area contributed by atoms with Gasteiger partial charge in [0.15, 0.2) is 0 Å². The number of pyridine rings is 1. The number of nitrogen functional groups attached to an aromatic ring is 1. The van der Waals surface area contributed by atoms with Gasteiger partial charge in [-0.1, -0.05) is 0 Å². The SMILES string of the molecule is C[C@H](NC(=O)OC(C)(C)C)c1ccnc(N)c1. The number of nitrogens with one attached hydrogen (secondary N) is 1. The number of rotatable bonds is 2. The molecule has 5 heteroatoms. The van der Waals surface area contributed by atoms with Crippen molar-refractivity contribution in [3.8, 4) is 0 Å². The summed E-state index contributed by atoms with van der Waals surface area (Å²) in [7, 11) is 0. The molecule has 0 spiro atoms. The van der Waals surface area contributed by atoms with E-state index in [1.807, 2.05) is 27.7 Å². The Hall–Kier alpha value is -1.78. The van der Waals surface area contributed by atoms with E-state index >= 15 is 0 Å². The van der Waals surface area contributed by atoms with E-state index in [9.17, 15) is 4.79 Å². The number of carbonyl (C=O) groups excluding carboxylic acids is 1. The number of hydrogen-bond acceptors (Lipinski definition) is 4. The summed E-state index contributed by atoms with van der Waals surface area (Å²) in [5.74, 6) is 0.431. The molecule has 0 aliphatic rings. The van der Waals surface area contributed by atoms with Crippen molar-refractivity contribution < 1.29 is 9.53 Å². The minimum atomic E-state index is -0.499. The highest BCUT2D eigenvalue weighted by atomic mass is 16.6. The van der Waals surface area contributed by atoms with E-state index in [1.165, 1.54) is 0 Å². The molecule has 0 aliphatic carbocycles. The largest absolute Gasteiger partial charge is 0.444 e. The number of anilines is 1. The monoisotopic (exact) mass is 237 g/mol. The molecule has 0 aromatic carbocycles. The zero-order valence-corrected chi connectivity index (χ0v) is 10.7. The molecule has 0 aliphatic heterocycles. The van der Waals surface area contributed by atoms with Crippen molar-refractivity contribution >= 4 is 11.9 Å². The zero-order valence-electron chi connectivity index (χ0n) is 10.7. The number of alkyl carbamates (subject to hydrolysis) is 1. The lowest BCUT2D eigenvalue weighted by molar-refractivity contribution is 0.0508. The van der Waals surface area contributed by atoms with Crippen molar-refractivity contribution in [3.05, 3.63) is 23.9 Å². The number of aromatic nitrogens is 1. The van der Waals surface area contributed by atoms with Crippen molar-refractivity contribution in [1.82, 2.24) is 10.3 Å². The number of carbonyl (C=O) groups is 1. The molecule has 0 saturated carbocycles. The van der Waals surface area contributed by atoms with Gasteiger partial charge in [0.05, 0.1) is 6.04 Å². The Morgan fingerprint density at radius 1 is 1.53 bits per heavy atom. The van der Waals surface area contributed by atoms with E-state index in [0.717, 1.165) is 5.56 Å². The van der Waals surface area contributed by atoms with E-state index in [0.29, 0.717) is 5.82 Å². The Labute approximate surface area is 101 Å². The highest BCUT2D eigenvalue weighted by Gasteiger charge is 2.18. The van der Waals surface area contributed by atoms with Crippen molar-refractivity contribution in [2.45, 2.75) is 39.3 Å². The van der Waals surface area contributed by atoms with Gasteiger partial charge in [-0.05, 0) is 45.4 Å². The molecular weight excluding hydrogens is 218 g/mol. The maximum atomic E-state index is 11.5. The summed E-state index contributed by atoms with van der Waals surface area (Å²) in [6.07, 6.45) is 1.16. The molecule has 0 fully saturated rings. The molecule has 5 nitrogen and oxygen atoms in total. The molecule has 1 aromatic heterocycles. The third kappa shape index (κ3) is 4.72. The summed E-state index contributed by atoms with van der Waals surface area (Å²) in [5.41, 5.74) is 5.97. The summed E-state index contributed by atoms with van der Waals surface area (Å²) < 4.78 is 5.16. The fraction of sp³-hybridized carbons (Fsp3) is 0.500. The predicted molar refractivity (Wildman–Crippen MR) is 66.4 cm³/mol. The van der Waals surface area contributed by atoms with Gasteiger partial charge >= 0.3 is 6.09 Å². The van der Waals surface area contributed by atoms with Gasteiger partial charge in [-0.15, -0.1) is 0 Å². The van der Waals surface area contributed by atoms with E-state index in [2.05, 4.69) is 10.3 Å². The Balaban J connectivity index is 2.61. The van der Waals surface area contributed by atoms with Crippen LogP contribution in [0.1, 0.15) is 39.3 Å². The van der Waals surface area contributed by atoms with E-state index in [-0.39, 0.29) is 6.04 Å². The van der Waals surface area contributed by atoms with Gasteiger partial charge in [0.1, 0.15) is 11.4 Å². The van der Waals surface area contributed by atoms with Crippen molar-refractivity contribution in [2.75, 3.05) is 5.73 Å². The van der Waals surface area contributed by atoms with Crippen LogP contribution in [0.5, 0.6) is 0 Å². The van der Waals surface area contributed by atoms with Crippen LogP contribution < -0.4 is 11.1 Å². The van der Waals surface area contributed by atoms with Crippen molar-refractivity contribution in [1.29, 1.82) is 0 Å². The Morgan fingerprint density at radius 3 is 2.71 bits per heavy atom. The summed E-state index contributed by atoms with van der Waals surface area (Å²) in [6, 6.07) is 3.36. The van der Waals surface area contributed by atoms with Gasteiger partial charge in [0.2, 0.25) is 0 Å². The number of nitrogens with two attached hydrogens (primary N) is 1. The normalized spacial score (nSPS) is 12.9. The Morgan fingerprint density at radius 2 is 2.18 bits per heavy atom. The molecule has 1 atom stereocenters. The minimum absolute atomic E-state index is 0.171. The number of ether oxygens (including phenoxy) is 1. The van der Waals surface area contributed by atoms with Gasteiger partial charge in [0.25, 0.3) is 0 Å². The van der Waals surface area contributed by atoms with Crippen LogP contribution in [0.3, 0.4) is 0 Å². The molecule has 0 unspecified atom stereocenters. The molecule has 1 aromatic rings. The summed E-state index contributed by atoms with van der Waals surface area (Å²) in [6.45, 7) is 7.32. The van der Waals surface area contributed by atoms with Crippen LogP contribution >= 0.6 is 0 Å². The van der Waals surface area contributed by atoms with Crippen molar-refractivity contribution in [2.24, 2.45) is 0 Å². The first-order valence-corrected chi connectivity index (χ1v) is 5.49. The fourth-order valence-corrected chi connectivity index (χ4v) is 1.30. The number of amides is 1. The first kappa shape index (κ1) is 13.3. The van der Waals surface area contributed by atoms with Gasteiger partial charge in [-0.2, -0.15) is 0 Å². The number of nitrogens with zero attached hydrogens (tertiary/aromatic N) is 1. The van der Waals surface area contributed by atoms with Crippen LogP contribution in [0.25, 0.3) is 0 Å². The quantitative estimate of drug-likeness (QED) is 0.827. The standard InChI is InChI=1S/C12H19N3O2/c1-8(9-5-6-14-10(13)7-9)15-11(16)17-12(2,3)4/h5-8H,1-4H3,(H2,13,14)(H,15,16)/t8-/m0/s1. The molecule has 0 saturated heterocycles. The number of hydrogen-bond donors (Lipinski definition) is 2. The second-order valence-electron chi connectivity index (χ2n) is 4.88. The fourth-order valence-electron chi connectivity index (χ4n) is 1.30. The van der Waals surface area contributed by atoms with Gasteiger partial charge < -0.3 is 15.8 Å². The maximum absolute atomic E-state index is 11.5. The van der Waals surface area contributed by atoms with E-state index in [4.69, 9.17) is 10.5 Å². The average molecular weight is 237 g/mol. The van der Waals surface area contributed by atoms with Crippen LogP contribution in [0.2, 0.25) is 0 Å². The van der Waals surface area contributed by atoms with Gasteiger partial charge in [0, 0.05) is 6.20 Å². The van der Waals surface area contributed by atoms with Crippen molar-refractivity contribution in [3.63, 3.8) is 0 Å². The minimum Gasteiger partial charge on any atom is -0.444 e. The summed E-state index contributed by atoms with van der Waals surface area (Å²) in [4.78, 5) is 15.4. The molecule has 0 radical (unpaired) electrons. The second-order valence-corrected chi connectivity index (χ2v) is 4.88. The van der Waals surface area contributed by atoms with E-state index in [1.54, 1.807) is 18.3 Å². The summed E-state index contributed by atoms with van der Waals surface area (Å²) in [5, 5.41) is 2.74.